The Bertz CT molecular complexity index is 1320. The van der Waals surface area contributed by atoms with Crippen molar-refractivity contribution < 1.29 is 4.74 Å². The lowest BCUT2D eigenvalue weighted by Crippen LogP contribution is -2.36. The lowest BCUT2D eigenvalue weighted by molar-refractivity contribution is 0.122. The number of nitrogens with two attached hydrogens (primary N) is 1. The summed E-state index contributed by atoms with van der Waals surface area (Å²) < 4.78 is 7.44. The summed E-state index contributed by atoms with van der Waals surface area (Å²) in [5, 5.41) is 5.09. The summed E-state index contributed by atoms with van der Waals surface area (Å²) in [4.78, 5) is 16.0. The Morgan fingerprint density at radius 3 is 2.73 bits per heavy atom. The number of hydrogen-bond acceptors (Lipinski definition) is 8. The van der Waals surface area contributed by atoms with Gasteiger partial charge in [0.25, 0.3) is 0 Å². The van der Waals surface area contributed by atoms with E-state index in [0.717, 1.165) is 60.1 Å². The highest BCUT2D eigenvalue weighted by Crippen LogP contribution is 2.29. The van der Waals surface area contributed by atoms with Gasteiger partial charge in [0, 0.05) is 60.4 Å². The minimum Gasteiger partial charge on any atom is -0.378 e. The van der Waals surface area contributed by atoms with E-state index in [1.54, 1.807) is 11.2 Å². The average molecular weight is 441 g/mol. The van der Waals surface area contributed by atoms with Crippen molar-refractivity contribution in [1.82, 2.24) is 14.4 Å². The van der Waals surface area contributed by atoms with Gasteiger partial charge in [0.2, 0.25) is 0 Å². The molecule has 166 valence electrons. The molecule has 33 heavy (non-hydrogen) atoms. The number of hydrogen-bond donors (Lipinski definition) is 2. The van der Waals surface area contributed by atoms with Gasteiger partial charge in [0.15, 0.2) is 11.5 Å². The monoisotopic (exact) mass is 440 g/mol. The number of morpholine rings is 1. The summed E-state index contributed by atoms with van der Waals surface area (Å²) >= 11 is 0. The van der Waals surface area contributed by atoms with Gasteiger partial charge >= 0.3 is 0 Å². The van der Waals surface area contributed by atoms with E-state index in [4.69, 9.17) is 15.6 Å². The molecule has 0 atom stereocenters. The van der Waals surface area contributed by atoms with Crippen LogP contribution in [0.15, 0.2) is 66.0 Å². The predicted octanol–water partition coefficient (Wildman–Crippen LogP) is 3.05. The van der Waals surface area contributed by atoms with Crippen LogP contribution in [0.1, 0.15) is 5.56 Å². The predicted molar refractivity (Wildman–Crippen MR) is 130 cm³/mol. The van der Waals surface area contributed by atoms with E-state index in [0.29, 0.717) is 12.5 Å². The highest BCUT2D eigenvalue weighted by atomic mass is 16.5. The number of hydrazine groups is 1. The van der Waals surface area contributed by atoms with Crippen molar-refractivity contribution in [2.24, 2.45) is 10.8 Å². The number of aromatic nitrogens is 3. The van der Waals surface area contributed by atoms with Crippen molar-refractivity contribution >= 4 is 34.7 Å². The zero-order valence-electron chi connectivity index (χ0n) is 18.1. The number of nitrogens with zero attached hydrogens (tertiary/aromatic N) is 6. The molecule has 0 bridgehead atoms. The number of anilines is 4. The minimum atomic E-state index is 0.462. The molecule has 9 nitrogen and oxygen atoms in total. The fourth-order valence-corrected chi connectivity index (χ4v) is 4.25. The van der Waals surface area contributed by atoms with E-state index in [2.05, 4.69) is 50.5 Å². The summed E-state index contributed by atoms with van der Waals surface area (Å²) in [6, 6.07) is 14.5. The van der Waals surface area contributed by atoms with E-state index in [1.165, 1.54) is 5.69 Å². The zero-order valence-corrected chi connectivity index (χ0v) is 18.1. The molecule has 1 saturated heterocycles. The standard InChI is InChI=1S/C24H24N8O/c25-32-16-26-14-18-13-17(1-6-22(18)32)21-15-31-8-7-27-24(31)23(29-21)28-19-2-4-20(5-3-19)30-9-11-33-12-10-30/h1-8,13-15H,9-12,16,25H2,(H,28,29). The second-order valence-corrected chi connectivity index (χ2v) is 8.10. The molecule has 2 aromatic carbocycles. The van der Waals surface area contributed by atoms with E-state index >= 15 is 0 Å². The van der Waals surface area contributed by atoms with Crippen molar-refractivity contribution in [3.8, 4) is 11.3 Å². The minimum absolute atomic E-state index is 0.462. The van der Waals surface area contributed by atoms with Gasteiger partial charge < -0.3 is 19.4 Å². The molecule has 4 aromatic rings. The molecular weight excluding hydrogens is 416 g/mol. The van der Waals surface area contributed by atoms with E-state index in [1.807, 2.05) is 35.1 Å². The maximum absolute atomic E-state index is 6.04. The van der Waals surface area contributed by atoms with Crippen LogP contribution in [-0.2, 0) is 4.74 Å². The first-order valence-corrected chi connectivity index (χ1v) is 10.9. The van der Waals surface area contributed by atoms with Crippen molar-refractivity contribution in [1.29, 1.82) is 0 Å². The van der Waals surface area contributed by atoms with Crippen LogP contribution < -0.4 is 21.1 Å². The number of fused-ring (bicyclic) bond motifs is 2. The zero-order chi connectivity index (χ0) is 22.2. The van der Waals surface area contributed by atoms with Gasteiger partial charge in [-0.2, -0.15) is 0 Å². The molecule has 0 amide bonds. The van der Waals surface area contributed by atoms with Gasteiger partial charge in [-0.1, -0.05) is 6.07 Å². The van der Waals surface area contributed by atoms with Crippen LogP contribution in [0.5, 0.6) is 0 Å². The fourth-order valence-electron chi connectivity index (χ4n) is 4.25. The van der Waals surface area contributed by atoms with Crippen LogP contribution in [-0.4, -0.2) is 53.6 Å². The Balaban J connectivity index is 1.32. The Morgan fingerprint density at radius 2 is 1.88 bits per heavy atom. The van der Waals surface area contributed by atoms with Crippen LogP contribution in [0.25, 0.3) is 16.9 Å². The number of benzene rings is 2. The number of aliphatic imine (C=N–C) groups is 1. The Kier molecular flexibility index (Phi) is 4.89. The smallest absolute Gasteiger partial charge is 0.180 e. The number of nitrogens with one attached hydrogen (secondary N) is 1. The molecular formula is C24H24N8O. The lowest BCUT2D eigenvalue weighted by atomic mass is 10.1. The molecule has 4 heterocycles. The number of imidazole rings is 1. The Hall–Kier alpha value is -3.95. The largest absolute Gasteiger partial charge is 0.378 e. The molecule has 1 fully saturated rings. The second-order valence-electron chi connectivity index (χ2n) is 8.10. The van der Waals surface area contributed by atoms with Gasteiger partial charge in [-0.3, -0.25) is 10.0 Å². The first kappa shape index (κ1) is 19.7. The molecule has 6 rings (SSSR count). The summed E-state index contributed by atoms with van der Waals surface area (Å²) in [6.45, 7) is 3.83. The molecule has 2 aliphatic heterocycles. The maximum Gasteiger partial charge on any atom is 0.180 e. The molecule has 0 saturated carbocycles. The highest BCUT2D eigenvalue weighted by molar-refractivity contribution is 5.91. The second kappa shape index (κ2) is 8.19. The molecule has 0 radical (unpaired) electrons. The van der Waals surface area contributed by atoms with Crippen LogP contribution in [0.3, 0.4) is 0 Å². The first-order chi connectivity index (χ1) is 16.2. The first-order valence-electron chi connectivity index (χ1n) is 10.9. The van der Waals surface area contributed by atoms with Crippen LogP contribution in [0.2, 0.25) is 0 Å². The SMILES string of the molecule is NN1CN=Cc2cc(-c3cn4ccnc4c(Nc4ccc(N5CCOCC5)cc4)n3)ccc21. The molecule has 0 aliphatic carbocycles. The Morgan fingerprint density at radius 1 is 1.03 bits per heavy atom. The van der Waals surface area contributed by atoms with E-state index < -0.39 is 0 Å². The van der Waals surface area contributed by atoms with Gasteiger partial charge in [0.05, 0.1) is 24.6 Å². The fraction of sp³-hybridized carbons (Fsp3) is 0.208. The van der Waals surface area contributed by atoms with Crippen molar-refractivity contribution in [2.75, 3.05) is 48.2 Å². The van der Waals surface area contributed by atoms with Gasteiger partial charge in [-0.25, -0.2) is 15.8 Å². The molecule has 0 spiro atoms. The molecule has 2 aromatic heterocycles. The van der Waals surface area contributed by atoms with Crippen LogP contribution in [0, 0.1) is 0 Å². The lowest BCUT2D eigenvalue weighted by Gasteiger charge is -2.28. The molecule has 9 heteroatoms. The molecule has 3 N–H and O–H groups in total. The molecule has 2 aliphatic rings. The summed E-state index contributed by atoms with van der Waals surface area (Å²) in [7, 11) is 0. The van der Waals surface area contributed by atoms with Crippen molar-refractivity contribution in [3.05, 3.63) is 66.6 Å². The number of rotatable bonds is 4. The highest BCUT2D eigenvalue weighted by Gasteiger charge is 2.15. The van der Waals surface area contributed by atoms with Crippen LogP contribution >= 0.6 is 0 Å². The quantitative estimate of drug-likeness (QED) is 0.471. The van der Waals surface area contributed by atoms with E-state index in [9.17, 15) is 0 Å². The Labute approximate surface area is 191 Å². The third-order valence-electron chi connectivity index (χ3n) is 5.98. The van der Waals surface area contributed by atoms with Gasteiger partial charge in [-0.05, 0) is 36.4 Å². The van der Waals surface area contributed by atoms with Crippen molar-refractivity contribution in [2.45, 2.75) is 0 Å². The van der Waals surface area contributed by atoms with Gasteiger partial charge in [-0.15, -0.1) is 0 Å². The van der Waals surface area contributed by atoms with E-state index in [-0.39, 0.29) is 0 Å². The summed E-state index contributed by atoms with van der Waals surface area (Å²) in [5.41, 5.74) is 6.66. The topological polar surface area (TPSA) is 96.3 Å². The normalized spacial score (nSPS) is 15.7. The van der Waals surface area contributed by atoms with Gasteiger partial charge in [0.1, 0.15) is 6.67 Å². The number of ether oxygens (including phenoxy) is 1. The summed E-state index contributed by atoms with van der Waals surface area (Å²) in [6.07, 6.45) is 7.54. The molecule has 0 unspecified atom stereocenters. The summed E-state index contributed by atoms with van der Waals surface area (Å²) in [5.74, 6) is 6.73. The maximum atomic E-state index is 6.04. The third kappa shape index (κ3) is 3.77. The average Bonchev–Trinajstić information content (AvgIpc) is 3.34. The van der Waals surface area contributed by atoms with Crippen molar-refractivity contribution in [3.63, 3.8) is 0 Å². The third-order valence-corrected chi connectivity index (χ3v) is 5.98. The van der Waals surface area contributed by atoms with Crippen LogP contribution in [0.4, 0.5) is 22.9 Å².